The van der Waals surface area contributed by atoms with Crippen molar-refractivity contribution in [3.63, 3.8) is 0 Å². The van der Waals surface area contributed by atoms with Crippen LogP contribution in [0.15, 0.2) is 29.2 Å². The molecule has 0 amide bonds. The van der Waals surface area contributed by atoms with Gasteiger partial charge in [0, 0.05) is 25.2 Å². The van der Waals surface area contributed by atoms with Crippen molar-refractivity contribution in [3.05, 3.63) is 24.3 Å². The molecule has 1 aliphatic heterocycles. The molecule has 1 aromatic carbocycles. The highest BCUT2D eigenvalue weighted by Crippen LogP contribution is 2.22. The highest BCUT2D eigenvalue weighted by Gasteiger charge is 2.24. The molecule has 124 valence electrons. The van der Waals surface area contributed by atoms with Crippen molar-refractivity contribution in [3.8, 4) is 0 Å². The van der Waals surface area contributed by atoms with Crippen LogP contribution < -0.4 is 5.32 Å². The fourth-order valence-electron chi connectivity index (χ4n) is 2.81. The fraction of sp³-hybridized carbons (Fsp3) is 0.625. The Bertz CT molecular complexity index is 589. The lowest BCUT2D eigenvalue weighted by molar-refractivity contribution is -0.0159. The van der Waals surface area contributed by atoms with Gasteiger partial charge in [0.25, 0.3) is 0 Å². The molecule has 0 spiro atoms. The first kappa shape index (κ1) is 17.2. The molecule has 1 saturated heterocycles. The standard InChI is InChI=1S/C16H26N2O3S/c1-4-22(19,20)16-8-6-5-7-15(16)17-11-13(2)18-9-10-21-12-14(18)3/h5-8,13-14,17H,4,9-12H2,1-3H3. The van der Waals surface area contributed by atoms with Gasteiger partial charge in [0.15, 0.2) is 9.84 Å². The zero-order valence-electron chi connectivity index (χ0n) is 13.6. The predicted molar refractivity (Wildman–Crippen MR) is 89.1 cm³/mol. The van der Waals surface area contributed by atoms with Crippen LogP contribution in [-0.2, 0) is 14.6 Å². The molecule has 1 aliphatic rings. The number of sulfone groups is 1. The zero-order chi connectivity index (χ0) is 16.2. The summed E-state index contributed by atoms with van der Waals surface area (Å²) >= 11 is 0. The maximum atomic E-state index is 12.2. The largest absolute Gasteiger partial charge is 0.382 e. The number of para-hydroxylation sites is 1. The molecule has 0 aliphatic carbocycles. The summed E-state index contributed by atoms with van der Waals surface area (Å²) in [7, 11) is -3.21. The fourth-order valence-corrected chi connectivity index (χ4v) is 3.88. The molecular formula is C16H26N2O3S. The number of rotatable bonds is 6. The van der Waals surface area contributed by atoms with Gasteiger partial charge in [-0.25, -0.2) is 8.42 Å². The summed E-state index contributed by atoms with van der Waals surface area (Å²) < 4.78 is 29.8. The van der Waals surface area contributed by atoms with Crippen LogP contribution >= 0.6 is 0 Å². The van der Waals surface area contributed by atoms with Gasteiger partial charge in [-0.1, -0.05) is 19.1 Å². The van der Waals surface area contributed by atoms with Crippen LogP contribution in [0, 0.1) is 0 Å². The Kier molecular flexibility index (Phi) is 5.83. The summed E-state index contributed by atoms with van der Waals surface area (Å²) in [4.78, 5) is 2.78. The first-order valence-electron chi connectivity index (χ1n) is 7.85. The number of hydrogen-bond acceptors (Lipinski definition) is 5. The topological polar surface area (TPSA) is 58.6 Å². The smallest absolute Gasteiger partial charge is 0.180 e. The van der Waals surface area contributed by atoms with Crippen molar-refractivity contribution in [2.45, 2.75) is 37.8 Å². The SMILES string of the molecule is CCS(=O)(=O)c1ccccc1NCC(C)N1CCOCC1C. The van der Waals surface area contributed by atoms with E-state index >= 15 is 0 Å². The van der Waals surface area contributed by atoms with Crippen LogP contribution in [0.3, 0.4) is 0 Å². The van der Waals surface area contributed by atoms with Gasteiger partial charge >= 0.3 is 0 Å². The third-order valence-electron chi connectivity index (χ3n) is 4.18. The molecule has 2 unspecified atom stereocenters. The van der Waals surface area contributed by atoms with Crippen molar-refractivity contribution in [2.24, 2.45) is 0 Å². The molecule has 2 atom stereocenters. The van der Waals surface area contributed by atoms with E-state index in [4.69, 9.17) is 4.74 Å². The Morgan fingerprint density at radius 1 is 1.41 bits per heavy atom. The molecule has 1 heterocycles. The Morgan fingerprint density at radius 3 is 2.82 bits per heavy atom. The minimum atomic E-state index is -3.21. The number of nitrogens with one attached hydrogen (secondary N) is 1. The highest BCUT2D eigenvalue weighted by atomic mass is 32.2. The van der Waals surface area contributed by atoms with E-state index in [9.17, 15) is 8.42 Å². The minimum Gasteiger partial charge on any atom is -0.382 e. The normalized spacial score (nSPS) is 21.5. The van der Waals surface area contributed by atoms with Gasteiger partial charge in [0.05, 0.1) is 29.5 Å². The van der Waals surface area contributed by atoms with Gasteiger partial charge in [-0.15, -0.1) is 0 Å². The average Bonchev–Trinajstić information content (AvgIpc) is 2.53. The summed E-state index contributed by atoms with van der Waals surface area (Å²) in [5.41, 5.74) is 0.692. The van der Waals surface area contributed by atoms with Crippen LogP contribution in [0.25, 0.3) is 0 Å². The third kappa shape index (κ3) is 4.00. The van der Waals surface area contributed by atoms with Crippen molar-refractivity contribution < 1.29 is 13.2 Å². The van der Waals surface area contributed by atoms with Gasteiger partial charge < -0.3 is 10.1 Å². The van der Waals surface area contributed by atoms with Crippen LogP contribution in [-0.4, -0.2) is 57.5 Å². The highest BCUT2D eigenvalue weighted by molar-refractivity contribution is 7.91. The Morgan fingerprint density at radius 2 is 2.14 bits per heavy atom. The second-order valence-corrected chi connectivity index (χ2v) is 8.04. The lowest BCUT2D eigenvalue weighted by Crippen LogP contribution is -2.50. The second-order valence-electron chi connectivity index (χ2n) is 5.79. The van der Waals surface area contributed by atoms with Crippen molar-refractivity contribution in [1.29, 1.82) is 0 Å². The van der Waals surface area contributed by atoms with Crippen molar-refractivity contribution in [2.75, 3.05) is 37.4 Å². The Hall–Kier alpha value is -1.11. The minimum absolute atomic E-state index is 0.113. The van der Waals surface area contributed by atoms with Gasteiger partial charge in [0.1, 0.15) is 0 Å². The first-order chi connectivity index (χ1) is 10.5. The number of anilines is 1. The molecule has 1 aromatic rings. The number of hydrogen-bond donors (Lipinski definition) is 1. The number of morpholine rings is 1. The van der Waals surface area contributed by atoms with E-state index in [0.29, 0.717) is 29.2 Å². The predicted octanol–water partition coefficient (Wildman–Crippen LogP) is 2.00. The number of benzene rings is 1. The summed E-state index contributed by atoms with van der Waals surface area (Å²) in [5.74, 6) is 0.113. The molecule has 6 heteroatoms. The molecule has 0 aromatic heterocycles. The molecule has 5 nitrogen and oxygen atoms in total. The molecule has 0 saturated carbocycles. The third-order valence-corrected chi connectivity index (χ3v) is 5.96. The molecular weight excluding hydrogens is 300 g/mol. The summed E-state index contributed by atoms with van der Waals surface area (Å²) in [6, 6.07) is 7.83. The summed E-state index contributed by atoms with van der Waals surface area (Å²) in [6.45, 7) is 9.13. The van der Waals surface area contributed by atoms with E-state index in [2.05, 4.69) is 24.1 Å². The van der Waals surface area contributed by atoms with E-state index in [0.717, 1.165) is 19.8 Å². The van der Waals surface area contributed by atoms with Gasteiger partial charge in [0.2, 0.25) is 0 Å². The first-order valence-corrected chi connectivity index (χ1v) is 9.50. The molecule has 1 N–H and O–H groups in total. The number of ether oxygens (including phenoxy) is 1. The van der Waals surface area contributed by atoms with E-state index in [-0.39, 0.29) is 5.75 Å². The van der Waals surface area contributed by atoms with Crippen LogP contribution in [0.4, 0.5) is 5.69 Å². The summed E-state index contributed by atoms with van der Waals surface area (Å²) in [6.07, 6.45) is 0. The lowest BCUT2D eigenvalue weighted by atomic mass is 10.2. The van der Waals surface area contributed by atoms with Crippen molar-refractivity contribution >= 4 is 15.5 Å². The molecule has 22 heavy (non-hydrogen) atoms. The van der Waals surface area contributed by atoms with Gasteiger partial charge in [-0.3, -0.25) is 4.90 Å². The Balaban J connectivity index is 2.05. The van der Waals surface area contributed by atoms with Crippen molar-refractivity contribution in [1.82, 2.24) is 4.90 Å². The monoisotopic (exact) mass is 326 g/mol. The molecule has 2 rings (SSSR count). The number of nitrogens with zero attached hydrogens (tertiary/aromatic N) is 1. The average molecular weight is 326 g/mol. The van der Waals surface area contributed by atoms with E-state index in [1.165, 1.54) is 0 Å². The molecule has 0 radical (unpaired) electrons. The maximum absolute atomic E-state index is 12.2. The van der Waals surface area contributed by atoms with Gasteiger partial charge in [-0.05, 0) is 26.0 Å². The zero-order valence-corrected chi connectivity index (χ0v) is 14.4. The van der Waals surface area contributed by atoms with E-state index < -0.39 is 9.84 Å². The van der Waals surface area contributed by atoms with E-state index in [1.54, 1.807) is 19.1 Å². The summed E-state index contributed by atoms with van der Waals surface area (Å²) in [5, 5.41) is 3.31. The molecule has 1 fully saturated rings. The Labute approximate surface area is 133 Å². The van der Waals surface area contributed by atoms with Crippen LogP contribution in [0.5, 0.6) is 0 Å². The quantitative estimate of drug-likeness (QED) is 0.866. The van der Waals surface area contributed by atoms with Gasteiger partial charge in [-0.2, -0.15) is 0 Å². The van der Waals surface area contributed by atoms with Crippen LogP contribution in [0.1, 0.15) is 20.8 Å². The molecule has 0 bridgehead atoms. The van der Waals surface area contributed by atoms with E-state index in [1.807, 2.05) is 12.1 Å². The second kappa shape index (κ2) is 7.44. The maximum Gasteiger partial charge on any atom is 0.180 e. The van der Waals surface area contributed by atoms with Crippen LogP contribution in [0.2, 0.25) is 0 Å². The lowest BCUT2D eigenvalue weighted by Gasteiger charge is -2.38.